The van der Waals surface area contributed by atoms with Crippen molar-refractivity contribution in [2.24, 2.45) is 10.7 Å². The largest absolute Gasteiger partial charge is 0.398 e. The van der Waals surface area contributed by atoms with Gasteiger partial charge in [-0.25, -0.2) is 8.78 Å². The number of hydrogen-bond donors (Lipinski definition) is 2. The molecule has 0 spiro atoms. The number of nitrogens with zero attached hydrogens (tertiary/aromatic N) is 1. The summed E-state index contributed by atoms with van der Waals surface area (Å²) in [5, 5.41) is 0. The summed E-state index contributed by atoms with van der Waals surface area (Å²) in [7, 11) is 1.57. The molecule has 20 heavy (non-hydrogen) atoms. The molecular formula is C14H13F2N3S. The first kappa shape index (κ1) is 14.3. The van der Waals surface area contributed by atoms with Crippen LogP contribution in [-0.4, -0.2) is 12.9 Å². The lowest BCUT2D eigenvalue weighted by Gasteiger charge is -2.08. The fraction of sp³-hybridized carbons (Fsp3) is 0.0714. The number of benzene rings is 2. The summed E-state index contributed by atoms with van der Waals surface area (Å²) in [4.78, 5) is 5.11. The molecule has 0 fully saturated rings. The topological polar surface area (TPSA) is 64.4 Å². The van der Waals surface area contributed by atoms with E-state index in [4.69, 9.17) is 11.5 Å². The monoisotopic (exact) mass is 293 g/mol. The first-order valence-electron chi connectivity index (χ1n) is 5.75. The maximum Gasteiger partial charge on any atom is 0.127 e. The molecule has 0 atom stereocenters. The molecule has 0 aromatic heterocycles. The fourth-order valence-corrected chi connectivity index (χ4v) is 2.59. The first-order chi connectivity index (χ1) is 9.49. The van der Waals surface area contributed by atoms with Crippen molar-refractivity contribution in [1.29, 1.82) is 0 Å². The van der Waals surface area contributed by atoms with Crippen molar-refractivity contribution in [1.82, 2.24) is 0 Å². The first-order valence-corrected chi connectivity index (χ1v) is 6.57. The van der Waals surface area contributed by atoms with Gasteiger partial charge in [0.25, 0.3) is 0 Å². The lowest BCUT2D eigenvalue weighted by molar-refractivity contribution is 0.577. The van der Waals surface area contributed by atoms with E-state index in [0.29, 0.717) is 22.0 Å². The van der Waals surface area contributed by atoms with Crippen molar-refractivity contribution >= 4 is 23.3 Å². The summed E-state index contributed by atoms with van der Waals surface area (Å²) in [6.07, 6.45) is 0. The van der Waals surface area contributed by atoms with Gasteiger partial charge in [-0.3, -0.25) is 4.99 Å². The van der Waals surface area contributed by atoms with E-state index in [9.17, 15) is 8.78 Å². The van der Waals surface area contributed by atoms with Crippen molar-refractivity contribution in [2.75, 3.05) is 12.8 Å². The minimum Gasteiger partial charge on any atom is -0.398 e. The Bertz CT molecular complexity index is 651. The van der Waals surface area contributed by atoms with Gasteiger partial charge >= 0.3 is 0 Å². The van der Waals surface area contributed by atoms with Crippen LogP contribution < -0.4 is 11.5 Å². The number of halogens is 2. The Kier molecular flexibility index (Phi) is 4.24. The van der Waals surface area contributed by atoms with Crippen LogP contribution in [0.4, 0.5) is 14.5 Å². The third-order valence-corrected chi connectivity index (χ3v) is 3.57. The van der Waals surface area contributed by atoms with Gasteiger partial charge in [-0.15, -0.1) is 0 Å². The van der Waals surface area contributed by atoms with E-state index in [1.54, 1.807) is 25.2 Å². The number of nitrogens with two attached hydrogens (primary N) is 2. The molecule has 0 saturated carbocycles. The predicted octanol–water partition coefficient (Wildman–Crippen LogP) is 3.03. The van der Waals surface area contributed by atoms with Crippen LogP contribution in [-0.2, 0) is 0 Å². The Morgan fingerprint density at radius 3 is 2.30 bits per heavy atom. The number of hydrogen-bond acceptors (Lipinski definition) is 3. The minimum atomic E-state index is -0.613. The van der Waals surface area contributed by atoms with Gasteiger partial charge in [0, 0.05) is 34.2 Å². The van der Waals surface area contributed by atoms with Crippen molar-refractivity contribution < 1.29 is 8.78 Å². The van der Waals surface area contributed by atoms with Crippen molar-refractivity contribution in [2.45, 2.75) is 9.79 Å². The molecule has 0 bridgehead atoms. The molecule has 0 aliphatic rings. The SMILES string of the molecule is CN=C(N)c1cc(Sc2cc(F)cc(F)c2)ccc1N. The third-order valence-electron chi connectivity index (χ3n) is 2.61. The zero-order valence-electron chi connectivity index (χ0n) is 10.7. The molecule has 0 aliphatic carbocycles. The summed E-state index contributed by atoms with van der Waals surface area (Å²) in [6, 6.07) is 8.55. The number of amidine groups is 1. The highest BCUT2D eigenvalue weighted by molar-refractivity contribution is 7.99. The summed E-state index contributed by atoms with van der Waals surface area (Å²) >= 11 is 1.22. The second-order valence-corrected chi connectivity index (χ2v) is 5.21. The zero-order chi connectivity index (χ0) is 14.7. The maximum atomic E-state index is 13.1. The summed E-state index contributed by atoms with van der Waals surface area (Å²) in [5.74, 6) is -0.911. The van der Waals surface area contributed by atoms with Crippen molar-refractivity contribution in [3.63, 3.8) is 0 Å². The predicted molar refractivity (Wildman–Crippen MR) is 78.0 cm³/mol. The van der Waals surface area contributed by atoms with Crippen LogP contribution in [0, 0.1) is 11.6 Å². The highest BCUT2D eigenvalue weighted by Crippen LogP contribution is 2.30. The second kappa shape index (κ2) is 5.92. The molecule has 0 unspecified atom stereocenters. The Labute approximate surface area is 119 Å². The Hall–Kier alpha value is -2.08. The molecular weight excluding hydrogens is 280 g/mol. The Morgan fingerprint density at radius 2 is 1.70 bits per heavy atom. The molecule has 3 nitrogen and oxygen atoms in total. The lowest BCUT2D eigenvalue weighted by Crippen LogP contribution is -2.15. The van der Waals surface area contributed by atoms with Crippen LogP contribution in [0.15, 0.2) is 51.2 Å². The summed E-state index contributed by atoms with van der Waals surface area (Å²) < 4.78 is 26.3. The van der Waals surface area contributed by atoms with Gasteiger partial charge in [0.1, 0.15) is 17.5 Å². The molecule has 4 N–H and O–H groups in total. The molecule has 0 aliphatic heterocycles. The van der Waals surface area contributed by atoms with Crippen LogP contribution >= 0.6 is 11.8 Å². The molecule has 6 heteroatoms. The molecule has 0 radical (unpaired) electrons. The summed E-state index contributed by atoms with van der Waals surface area (Å²) in [6.45, 7) is 0. The molecule has 2 rings (SSSR count). The van der Waals surface area contributed by atoms with Crippen molar-refractivity contribution in [3.05, 3.63) is 53.6 Å². The van der Waals surface area contributed by atoms with E-state index < -0.39 is 11.6 Å². The number of aliphatic imine (C=N–C) groups is 1. The van der Waals surface area contributed by atoms with E-state index in [2.05, 4.69) is 4.99 Å². The molecule has 0 heterocycles. The standard InChI is InChI=1S/C14H13F2N3S/c1-19-14(18)12-7-10(2-3-13(12)17)20-11-5-8(15)4-9(16)6-11/h2-7H,17H2,1H3,(H2,18,19). The van der Waals surface area contributed by atoms with E-state index in [1.165, 1.54) is 23.9 Å². The average Bonchev–Trinajstić information content (AvgIpc) is 2.39. The second-order valence-electron chi connectivity index (χ2n) is 4.07. The van der Waals surface area contributed by atoms with Gasteiger partial charge in [-0.05, 0) is 30.3 Å². The van der Waals surface area contributed by atoms with E-state index in [1.807, 2.05) is 0 Å². The maximum absolute atomic E-state index is 13.1. The number of nitrogen functional groups attached to an aromatic ring is 1. The Balaban J connectivity index is 2.34. The molecule has 0 amide bonds. The normalized spacial score (nSPS) is 11.7. The molecule has 2 aromatic carbocycles. The van der Waals surface area contributed by atoms with E-state index in [-0.39, 0.29) is 0 Å². The highest BCUT2D eigenvalue weighted by atomic mass is 32.2. The van der Waals surface area contributed by atoms with Crippen LogP contribution in [0.5, 0.6) is 0 Å². The van der Waals surface area contributed by atoms with Crippen LogP contribution in [0.1, 0.15) is 5.56 Å². The Morgan fingerprint density at radius 1 is 1.05 bits per heavy atom. The van der Waals surface area contributed by atoms with Crippen LogP contribution in [0.3, 0.4) is 0 Å². The lowest BCUT2D eigenvalue weighted by atomic mass is 10.1. The van der Waals surface area contributed by atoms with Crippen LogP contribution in [0.2, 0.25) is 0 Å². The van der Waals surface area contributed by atoms with E-state index in [0.717, 1.165) is 11.0 Å². The zero-order valence-corrected chi connectivity index (χ0v) is 11.5. The number of rotatable bonds is 3. The van der Waals surface area contributed by atoms with Gasteiger partial charge in [0.15, 0.2) is 0 Å². The minimum absolute atomic E-state index is 0.315. The van der Waals surface area contributed by atoms with Crippen LogP contribution in [0.25, 0.3) is 0 Å². The van der Waals surface area contributed by atoms with Crippen molar-refractivity contribution in [3.8, 4) is 0 Å². The van der Waals surface area contributed by atoms with Gasteiger partial charge in [-0.2, -0.15) is 0 Å². The molecule has 0 saturated heterocycles. The molecule has 2 aromatic rings. The van der Waals surface area contributed by atoms with Gasteiger partial charge < -0.3 is 11.5 Å². The molecule has 104 valence electrons. The average molecular weight is 293 g/mol. The summed E-state index contributed by atoms with van der Waals surface area (Å²) in [5.41, 5.74) is 12.7. The smallest absolute Gasteiger partial charge is 0.127 e. The van der Waals surface area contributed by atoms with Gasteiger partial charge in [-0.1, -0.05) is 11.8 Å². The van der Waals surface area contributed by atoms with E-state index >= 15 is 0 Å². The third kappa shape index (κ3) is 3.27. The van der Waals surface area contributed by atoms with Gasteiger partial charge in [0.2, 0.25) is 0 Å². The van der Waals surface area contributed by atoms with Gasteiger partial charge in [0.05, 0.1) is 0 Å². The highest BCUT2D eigenvalue weighted by Gasteiger charge is 2.07. The fourth-order valence-electron chi connectivity index (χ4n) is 1.66. The quantitative estimate of drug-likeness (QED) is 0.519. The number of anilines is 1.